The molecular formula is C16H26FNO2. The lowest BCUT2D eigenvalue weighted by Gasteiger charge is -2.25. The smallest absolute Gasteiger partial charge is 0.168 e. The average Bonchev–Trinajstić information content (AvgIpc) is 2.37. The highest BCUT2D eigenvalue weighted by molar-refractivity contribution is 5.31. The third kappa shape index (κ3) is 5.47. The van der Waals surface area contributed by atoms with Crippen LogP contribution in [0.25, 0.3) is 0 Å². The van der Waals surface area contributed by atoms with Crippen molar-refractivity contribution in [2.24, 2.45) is 0 Å². The summed E-state index contributed by atoms with van der Waals surface area (Å²) in [6, 6.07) is 5.32. The molecule has 0 radical (unpaired) electrons. The lowest BCUT2D eigenvalue weighted by atomic mass is 10.0. The summed E-state index contributed by atoms with van der Waals surface area (Å²) in [4.78, 5) is 0. The Hall–Kier alpha value is -1.13. The largest absolute Gasteiger partial charge is 0.494 e. The number of hydrogen-bond donors (Lipinski definition) is 1. The van der Waals surface area contributed by atoms with Gasteiger partial charge in [-0.05, 0) is 45.4 Å². The molecule has 0 aromatic heterocycles. The molecule has 0 aliphatic heterocycles. The van der Waals surface area contributed by atoms with Crippen LogP contribution < -0.4 is 10.1 Å². The van der Waals surface area contributed by atoms with Gasteiger partial charge in [0.2, 0.25) is 0 Å². The van der Waals surface area contributed by atoms with E-state index in [0.29, 0.717) is 18.6 Å². The van der Waals surface area contributed by atoms with Crippen molar-refractivity contribution in [3.05, 3.63) is 29.6 Å². The van der Waals surface area contributed by atoms with Crippen molar-refractivity contribution in [1.82, 2.24) is 5.32 Å². The first-order valence-electron chi connectivity index (χ1n) is 7.06. The zero-order valence-electron chi connectivity index (χ0n) is 13.1. The molecule has 0 aliphatic rings. The Kier molecular flexibility index (Phi) is 6.43. The van der Waals surface area contributed by atoms with Crippen molar-refractivity contribution in [1.29, 1.82) is 0 Å². The van der Waals surface area contributed by atoms with Crippen LogP contribution in [-0.2, 0) is 11.2 Å². The number of ether oxygens (including phenoxy) is 2. The summed E-state index contributed by atoms with van der Waals surface area (Å²) in [6.45, 7) is 9.45. The van der Waals surface area contributed by atoms with Gasteiger partial charge in [0.15, 0.2) is 11.6 Å². The third-order valence-corrected chi connectivity index (χ3v) is 2.94. The second-order valence-electron chi connectivity index (χ2n) is 5.82. The molecule has 1 aromatic rings. The minimum Gasteiger partial charge on any atom is -0.494 e. The average molecular weight is 283 g/mol. The molecule has 1 aromatic carbocycles. The molecule has 1 rings (SSSR count). The maximum absolute atomic E-state index is 14.2. The molecule has 0 aliphatic carbocycles. The second kappa shape index (κ2) is 7.60. The van der Waals surface area contributed by atoms with Crippen molar-refractivity contribution in [2.45, 2.75) is 45.8 Å². The van der Waals surface area contributed by atoms with Crippen LogP contribution in [0.4, 0.5) is 4.39 Å². The van der Waals surface area contributed by atoms with Gasteiger partial charge in [0.25, 0.3) is 0 Å². The zero-order chi connectivity index (χ0) is 15.2. The second-order valence-corrected chi connectivity index (χ2v) is 5.82. The van der Waals surface area contributed by atoms with Crippen LogP contribution in [0.15, 0.2) is 18.2 Å². The Bertz CT molecular complexity index is 415. The van der Waals surface area contributed by atoms with Gasteiger partial charge in [0, 0.05) is 6.04 Å². The van der Waals surface area contributed by atoms with E-state index in [1.54, 1.807) is 12.1 Å². The summed E-state index contributed by atoms with van der Waals surface area (Å²) in [5.74, 6) is 0.00292. The van der Waals surface area contributed by atoms with Crippen LogP contribution in [-0.4, -0.2) is 31.9 Å². The molecule has 0 amide bonds. The van der Waals surface area contributed by atoms with E-state index in [9.17, 15) is 4.39 Å². The molecule has 0 bridgehead atoms. The van der Waals surface area contributed by atoms with Gasteiger partial charge in [-0.2, -0.15) is 0 Å². The highest BCUT2D eigenvalue weighted by Crippen LogP contribution is 2.21. The van der Waals surface area contributed by atoms with E-state index in [2.05, 4.69) is 5.32 Å². The van der Waals surface area contributed by atoms with Crippen LogP contribution in [0.2, 0.25) is 0 Å². The molecule has 3 nitrogen and oxygen atoms in total. The van der Waals surface area contributed by atoms with Gasteiger partial charge in [-0.25, -0.2) is 4.39 Å². The molecule has 0 spiro atoms. The number of benzene rings is 1. The van der Waals surface area contributed by atoms with E-state index >= 15 is 0 Å². The lowest BCUT2D eigenvalue weighted by Crippen LogP contribution is -2.38. The van der Waals surface area contributed by atoms with Gasteiger partial charge in [0.1, 0.15) is 0 Å². The van der Waals surface area contributed by atoms with Crippen LogP contribution in [0.5, 0.6) is 5.75 Å². The van der Waals surface area contributed by atoms with Gasteiger partial charge in [-0.3, -0.25) is 0 Å². The number of methoxy groups -OCH3 is 1. The highest BCUT2D eigenvalue weighted by Gasteiger charge is 2.17. The van der Waals surface area contributed by atoms with Gasteiger partial charge >= 0.3 is 0 Å². The van der Waals surface area contributed by atoms with Crippen molar-refractivity contribution >= 4 is 0 Å². The third-order valence-electron chi connectivity index (χ3n) is 2.94. The van der Waals surface area contributed by atoms with Crippen molar-refractivity contribution < 1.29 is 13.9 Å². The quantitative estimate of drug-likeness (QED) is 0.833. The fourth-order valence-corrected chi connectivity index (χ4v) is 1.97. The Balaban J connectivity index is 2.75. The summed E-state index contributed by atoms with van der Waals surface area (Å²) >= 11 is 0. The highest BCUT2D eigenvalue weighted by atomic mass is 19.1. The fourth-order valence-electron chi connectivity index (χ4n) is 1.97. The number of halogens is 1. The zero-order valence-corrected chi connectivity index (χ0v) is 13.1. The lowest BCUT2D eigenvalue weighted by molar-refractivity contribution is -0.0142. The molecule has 1 N–H and O–H groups in total. The first-order chi connectivity index (χ1) is 9.37. The van der Waals surface area contributed by atoms with Crippen molar-refractivity contribution in [2.75, 3.05) is 20.3 Å². The van der Waals surface area contributed by atoms with E-state index in [1.807, 2.05) is 33.8 Å². The maximum atomic E-state index is 14.2. The molecular weight excluding hydrogens is 257 g/mol. The summed E-state index contributed by atoms with van der Waals surface area (Å²) in [5.41, 5.74) is 0.452. The summed E-state index contributed by atoms with van der Waals surface area (Å²) < 4.78 is 25.0. The number of likely N-dealkylation sites (N-methyl/N-ethyl adjacent to an activating group) is 1. The Labute approximate surface area is 121 Å². The van der Waals surface area contributed by atoms with E-state index in [4.69, 9.17) is 9.47 Å². The van der Waals surface area contributed by atoms with Crippen LogP contribution in [0.3, 0.4) is 0 Å². The molecule has 1 unspecified atom stereocenters. The topological polar surface area (TPSA) is 30.5 Å². The molecule has 20 heavy (non-hydrogen) atoms. The van der Waals surface area contributed by atoms with Gasteiger partial charge in [-0.1, -0.05) is 19.1 Å². The summed E-state index contributed by atoms with van der Waals surface area (Å²) in [5, 5.41) is 3.34. The summed E-state index contributed by atoms with van der Waals surface area (Å²) in [7, 11) is 1.48. The van der Waals surface area contributed by atoms with E-state index in [1.165, 1.54) is 7.11 Å². The molecule has 4 heteroatoms. The summed E-state index contributed by atoms with van der Waals surface area (Å²) in [6.07, 6.45) is 0.576. The van der Waals surface area contributed by atoms with E-state index in [0.717, 1.165) is 6.54 Å². The standard InChI is InChI=1S/C16H26FNO2/c1-6-18-13(11-20-16(2,3)4)10-12-8-7-9-14(19-5)15(12)17/h7-9,13,18H,6,10-11H2,1-5H3. The first kappa shape index (κ1) is 16.9. The first-order valence-corrected chi connectivity index (χ1v) is 7.06. The number of rotatable bonds is 7. The molecule has 0 heterocycles. The Morgan fingerprint density at radius 3 is 2.55 bits per heavy atom. The molecule has 1 atom stereocenters. The molecule has 0 fully saturated rings. The number of hydrogen-bond acceptors (Lipinski definition) is 3. The monoisotopic (exact) mass is 283 g/mol. The number of nitrogens with one attached hydrogen (secondary N) is 1. The minimum absolute atomic E-state index is 0.0841. The predicted molar refractivity (Wildman–Crippen MR) is 79.8 cm³/mol. The normalized spacial score (nSPS) is 13.3. The fraction of sp³-hybridized carbons (Fsp3) is 0.625. The van der Waals surface area contributed by atoms with E-state index < -0.39 is 0 Å². The minimum atomic E-state index is -0.284. The van der Waals surface area contributed by atoms with Gasteiger partial charge in [-0.15, -0.1) is 0 Å². The molecule has 114 valence electrons. The Morgan fingerprint density at radius 1 is 1.30 bits per heavy atom. The Morgan fingerprint density at radius 2 is 2.00 bits per heavy atom. The van der Waals surface area contributed by atoms with Crippen LogP contribution in [0.1, 0.15) is 33.3 Å². The maximum Gasteiger partial charge on any atom is 0.168 e. The van der Waals surface area contributed by atoms with Gasteiger partial charge in [0.05, 0.1) is 19.3 Å². The molecule has 0 saturated heterocycles. The predicted octanol–water partition coefficient (Wildman–Crippen LogP) is 3.17. The van der Waals surface area contributed by atoms with Crippen molar-refractivity contribution in [3.63, 3.8) is 0 Å². The van der Waals surface area contributed by atoms with E-state index in [-0.39, 0.29) is 23.2 Å². The SMILES string of the molecule is CCNC(COC(C)(C)C)Cc1cccc(OC)c1F. The van der Waals surface area contributed by atoms with Crippen molar-refractivity contribution in [3.8, 4) is 5.75 Å². The van der Waals surface area contributed by atoms with Crippen LogP contribution in [0, 0.1) is 5.82 Å². The molecule has 0 saturated carbocycles. The van der Waals surface area contributed by atoms with Crippen LogP contribution >= 0.6 is 0 Å². The van der Waals surface area contributed by atoms with Gasteiger partial charge < -0.3 is 14.8 Å².